The molecule has 0 saturated heterocycles. The highest BCUT2D eigenvalue weighted by atomic mass is 14.8. The fraction of sp³-hybridized carbons (Fsp3) is 0.375. The van der Waals surface area contributed by atoms with Crippen LogP contribution in [0.1, 0.15) is 43.6 Å². The van der Waals surface area contributed by atoms with E-state index in [0.29, 0.717) is 0 Å². The monoisotopic (exact) mass is 238 g/mol. The van der Waals surface area contributed by atoms with Crippen LogP contribution in [0.25, 0.3) is 11.3 Å². The van der Waals surface area contributed by atoms with Crippen LogP contribution in [0, 0.1) is 0 Å². The molecule has 0 amide bonds. The highest BCUT2D eigenvalue weighted by Gasteiger charge is 2.15. The maximum atomic E-state index is 4.37. The fourth-order valence-corrected chi connectivity index (χ4v) is 2.84. The lowest BCUT2D eigenvalue weighted by Gasteiger charge is -2.22. The molecule has 18 heavy (non-hydrogen) atoms. The second-order valence-corrected chi connectivity index (χ2v) is 5.05. The van der Waals surface area contributed by atoms with E-state index in [1.807, 2.05) is 6.20 Å². The highest BCUT2D eigenvalue weighted by molar-refractivity contribution is 5.59. The molecule has 2 aromatic rings. The quantitative estimate of drug-likeness (QED) is 0.784. The normalized spacial score (nSPS) is 16.7. The van der Waals surface area contributed by atoms with Crippen LogP contribution < -0.4 is 0 Å². The molecule has 1 aliphatic rings. The standard InChI is InChI=1S/C16H18N2/c1-2-5-13(6-3-1)14-7-4-8-15(11-14)16-12-17-9-10-18-16/h4,7-13H,1-3,5-6H2. The number of benzene rings is 1. The van der Waals surface area contributed by atoms with Crippen LogP contribution in [0.3, 0.4) is 0 Å². The molecule has 1 aromatic carbocycles. The molecule has 92 valence electrons. The van der Waals surface area contributed by atoms with Crippen molar-refractivity contribution in [1.29, 1.82) is 0 Å². The molecule has 0 N–H and O–H groups in total. The third-order valence-corrected chi connectivity index (χ3v) is 3.82. The Balaban J connectivity index is 1.89. The van der Waals surface area contributed by atoms with Crippen LogP contribution >= 0.6 is 0 Å². The molecule has 3 rings (SSSR count). The van der Waals surface area contributed by atoms with Crippen molar-refractivity contribution in [3.63, 3.8) is 0 Å². The molecule has 0 radical (unpaired) electrons. The summed E-state index contributed by atoms with van der Waals surface area (Å²) < 4.78 is 0. The first-order chi connectivity index (χ1) is 8.93. The Hall–Kier alpha value is -1.70. The molecule has 1 fully saturated rings. The molecule has 1 saturated carbocycles. The van der Waals surface area contributed by atoms with Crippen molar-refractivity contribution in [3.8, 4) is 11.3 Å². The summed E-state index contributed by atoms with van der Waals surface area (Å²) in [7, 11) is 0. The second-order valence-electron chi connectivity index (χ2n) is 5.05. The molecule has 0 spiro atoms. The predicted octanol–water partition coefficient (Wildman–Crippen LogP) is 4.19. The number of hydrogen-bond acceptors (Lipinski definition) is 2. The molecule has 0 bridgehead atoms. The van der Waals surface area contributed by atoms with Gasteiger partial charge in [-0.05, 0) is 30.4 Å². The van der Waals surface area contributed by atoms with E-state index in [2.05, 4.69) is 34.2 Å². The smallest absolute Gasteiger partial charge is 0.0885 e. The van der Waals surface area contributed by atoms with E-state index in [-0.39, 0.29) is 0 Å². The van der Waals surface area contributed by atoms with Crippen LogP contribution in [0.4, 0.5) is 0 Å². The van der Waals surface area contributed by atoms with E-state index in [0.717, 1.165) is 11.6 Å². The third kappa shape index (κ3) is 2.42. The summed E-state index contributed by atoms with van der Waals surface area (Å²) in [4.78, 5) is 8.51. The van der Waals surface area contributed by atoms with Gasteiger partial charge in [-0.3, -0.25) is 9.97 Å². The van der Waals surface area contributed by atoms with Crippen molar-refractivity contribution < 1.29 is 0 Å². The van der Waals surface area contributed by atoms with Gasteiger partial charge in [-0.1, -0.05) is 37.5 Å². The van der Waals surface area contributed by atoms with Gasteiger partial charge in [0, 0.05) is 18.0 Å². The molecular formula is C16H18N2. The van der Waals surface area contributed by atoms with Crippen molar-refractivity contribution in [2.24, 2.45) is 0 Å². The Morgan fingerprint density at radius 1 is 1.00 bits per heavy atom. The minimum absolute atomic E-state index is 0.746. The molecule has 2 heteroatoms. The van der Waals surface area contributed by atoms with Crippen molar-refractivity contribution >= 4 is 0 Å². The topological polar surface area (TPSA) is 25.8 Å². The van der Waals surface area contributed by atoms with Crippen molar-refractivity contribution in [2.75, 3.05) is 0 Å². The van der Waals surface area contributed by atoms with Crippen molar-refractivity contribution in [3.05, 3.63) is 48.4 Å². The van der Waals surface area contributed by atoms with E-state index in [9.17, 15) is 0 Å². The summed E-state index contributed by atoms with van der Waals surface area (Å²) in [5.74, 6) is 0.746. The molecule has 0 atom stereocenters. The molecule has 2 nitrogen and oxygen atoms in total. The van der Waals surface area contributed by atoms with Crippen molar-refractivity contribution in [2.45, 2.75) is 38.0 Å². The van der Waals surface area contributed by atoms with Gasteiger partial charge in [-0.25, -0.2) is 0 Å². The zero-order valence-electron chi connectivity index (χ0n) is 10.5. The summed E-state index contributed by atoms with van der Waals surface area (Å²) >= 11 is 0. The van der Waals surface area contributed by atoms with Crippen LogP contribution in [0.5, 0.6) is 0 Å². The van der Waals surface area contributed by atoms with E-state index >= 15 is 0 Å². The van der Waals surface area contributed by atoms with Gasteiger partial charge in [0.15, 0.2) is 0 Å². The van der Waals surface area contributed by atoms with Crippen LogP contribution in [0.2, 0.25) is 0 Å². The summed E-state index contributed by atoms with van der Waals surface area (Å²) in [6.45, 7) is 0. The number of rotatable bonds is 2. The van der Waals surface area contributed by atoms with E-state index < -0.39 is 0 Å². The van der Waals surface area contributed by atoms with Gasteiger partial charge in [-0.2, -0.15) is 0 Å². The van der Waals surface area contributed by atoms with Crippen LogP contribution in [-0.4, -0.2) is 9.97 Å². The van der Waals surface area contributed by atoms with E-state index in [4.69, 9.17) is 0 Å². The zero-order chi connectivity index (χ0) is 12.2. The highest BCUT2D eigenvalue weighted by Crippen LogP contribution is 2.33. The zero-order valence-corrected chi connectivity index (χ0v) is 10.5. The summed E-state index contributed by atoms with van der Waals surface area (Å²) in [5, 5.41) is 0. The van der Waals surface area contributed by atoms with Crippen molar-refractivity contribution in [1.82, 2.24) is 9.97 Å². The predicted molar refractivity (Wildman–Crippen MR) is 73.3 cm³/mol. The molecule has 0 aliphatic heterocycles. The second kappa shape index (κ2) is 5.30. The van der Waals surface area contributed by atoms with E-state index in [1.165, 1.54) is 43.2 Å². The first-order valence-electron chi connectivity index (χ1n) is 6.80. The minimum atomic E-state index is 0.746. The van der Waals surface area contributed by atoms with Gasteiger partial charge >= 0.3 is 0 Å². The molecule has 1 heterocycles. The van der Waals surface area contributed by atoms with Gasteiger partial charge in [0.1, 0.15) is 0 Å². The lowest BCUT2D eigenvalue weighted by molar-refractivity contribution is 0.443. The summed E-state index contributed by atoms with van der Waals surface area (Å²) in [6.07, 6.45) is 12.1. The van der Waals surface area contributed by atoms with E-state index in [1.54, 1.807) is 12.4 Å². The maximum Gasteiger partial charge on any atom is 0.0885 e. The molecular weight excluding hydrogens is 220 g/mol. The molecule has 1 aromatic heterocycles. The Morgan fingerprint density at radius 3 is 2.67 bits per heavy atom. The Morgan fingerprint density at radius 2 is 1.89 bits per heavy atom. The summed E-state index contributed by atoms with van der Waals surface area (Å²) in [6, 6.07) is 8.82. The Bertz CT molecular complexity index is 502. The average Bonchev–Trinajstić information content (AvgIpc) is 2.49. The average molecular weight is 238 g/mol. The van der Waals surface area contributed by atoms with Gasteiger partial charge in [0.05, 0.1) is 11.9 Å². The van der Waals surface area contributed by atoms with Gasteiger partial charge < -0.3 is 0 Å². The summed E-state index contributed by atoms with van der Waals surface area (Å²) in [5.41, 5.74) is 3.62. The lowest BCUT2D eigenvalue weighted by Crippen LogP contribution is -2.04. The number of aromatic nitrogens is 2. The van der Waals surface area contributed by atoms with Gasteiger partial charge in [0.25, 0.3) is 0 Å². The maximum absolute atomic E-state index is 4.37. The number of nitrogens with zero attached hydrogens (tertiary/aromatic N) is 2. The van der Waals surface area contributed by atoms with Gasteiger partial charge in [0.2, 0.25) is 0 Å². The largest absolute Gasteiger partial charge is 0.261 e. The van der Waals surface area contributed by atoms with Crippen LogP contribution in [-0.2, 0) is 0 Å². The SMILES string of the molecule is c1cc(-c2cnccn2)cc(C2CCCCC2)c1. The van der Waals surface area contributed by atoms with Gasteiger partial charge in [-0.15, -0.1) is 0 Å². The fourth-order valence-electron chi connectivity index (χ4n) is 2.84. The van der Waals surface area contributed by atoms with Crippen LogP contribution in [0.15, 0.2) is 42.9 Å². The Labute approximate surface area is 108 Å². The molecule has 0 unspecified atom stereocenters. The minimum Gasteiger partial charge on any atom is -0.261 e. The first kappa shape index (κ1) is 11.4. The Kier molecular flexibility index (Phi) is 3.35. The first-order valence-corrected chi connectivity index (χ1v) is 6.80. The number of hydrogen-bond donors (Lipinski definition) is 0. The lowest BCUT2D eigenvalue weighted by atomic mass is 9.83. The third-order valence-electron chi connectivity index (χ3n) is 3.82. The molecule has 1 aliphatic carbocycles.